The van der Waals surface area contributed by atoms with Crippen LogP contribution in [0, 0.1) is 6.92 Å². The molecule has 2 N–H and O–H groups in total. The van der Waals surface area contributed by atoms with Crippen LogP contribution in [0.4, 0.5) is 0 Å². The number of likely N-dealkylation sites (N-methyl/N-ethyl adjacent to an activating group) is 1. The lowest BCUT2D eigenvalue weighted by Crippen LogP contribution is -2.38. The summed E-state index contributed by atoms with van der Waals surface area (Å²) in [6, 6.07) is 0.673. The molecular weight excluding hydrogens is 240 g/mol. The highest BCUT2D eigenvalue weighted by atomic mass is 16.5. The molecule has 110 valence electrons. The van der Waals surface area contributed by atoms with E-state index in [0.29, 0.717) is 12.6 Å². The summed E-state index contributed by atoms with van der Waals surface area (Å²) in [6.07, 6.45) is 2.23. The zero-order chi connectivity index (χ0) is 14.6. The summed E-state index contributed by atoms with van der Waals surface area (Å²) < 4.78 is 7.28. The van der Waals surface area contributed by atoms with E-state index in [-0.39, 0.29) is 6.04 Å². The monoisotopic (exact) mass is 268 g/mol. The van der Waals surface area contributed by atoms with Crippen molar-refractivity contribution in [3.05, 3.63) is 11.3 Å². The van der Waals surface area contributed by atoms with Gasteiger partial charge in [-0.05, 0) is 26.8 Å². The molecule has 5 heteroatoms. The van der Waals surface area contributed by atoms with Crippen LogP contribution >= 0.6 is 0 Å². The summed E-state index contributed by atoms with van der Waals surface area (Å²) in [4.78, 5) is 2.35. The first kappa shape index (κ1) is 16.0. The Hall–Kier alpha value is -1.07. The number of nitrogens with zero attached hydrogens (tertiary/aromatic N) is 3. The Labute approximate surface area is 116 Å². The van der Waals surface area contributed by atoms with Gasteiger partial charge >= 0.3 is 0 Å². The van der Waals surface area contributed by atoms with Crippen LogP contribution in [0.25, 0.3) is 0 Å². The lowest BCUT2D eigenvalue weighted by atomic mass is 10.0. The first-order chi connectivity index (χ1) is 9.01. The zero-order valence-corrected chi connectivity index (χ0v) is 13.1. The van der Waals surface area contributed by atoms with Crippen molar-refractivity contribution in [2.45, 2.75) is 45.7 Å². The van der Waals surface area contributed by atoms with Gasteiger partial charge in [0, 0.05) is 19.6 Å². The molecule has 0 fully saturated rings. The summed E-state index contributed by atoms with van der Waals surface area (Å²) in [5.74, 6) is 0.811. The largest absolute Gasteiger partial charge is 0.481 e. The highest BCUT2D eigenvalue weighted by Gasteiger charge is 2.28. The van der Waals surface area contributed by atoms with Crippen molar-refractivity contribution < 1.29 is 4.74 Å². The molecule has 1 unspecified atom stereocenters. The fraction of sp³-hybridized carbons (Fsp3) is 0.786. The third-order valence-corrected chi connectivity index (χ3v) is 3.97. The second-order valence-corrected chi connectivity index (χ2v) is 5.02. The average molecular weight is 268 g/mol. The Kier molecular flexibility index (Phi) is 5.82. The molecule has 19 heavy (non-hydrogen) atoms. The van der Waals surface area contributed by atoms with E-state index < -0.39 is 0 Å². The molecule has 0 aromatic carbocycles. The van der Waals surface area contributed by atoms with Gasteiger partial charge in [0.1, 0.15) is 0 Å². The molecule has 0 saturated heterocycles. The Morgan fingerprint density at radius 3 is 2.37 bits per heavy atom. The Bertz CT molecular complexity index is 398. The molecule has 1 heterocycles. The number of nitrogens with two attached hydrogens (primary N) is 1. The van der Waals surface area contributed by atoms with E-state index in [2.05, 4.69) is 30.9 Å². The van der Waals surface area contributed by atoms with Crippen molar-refractivity contribution in [3.8, 4) is 5.88 Å². The Morgan fingerprint density at radius 1 is 1.37 bits per heavy atom. The molecule has 0 amide bonds. The maximum atomic E-state index is 6.02. The average Bonchev–Trinajstić information content (AvgIpc) is 2.66. The van der Waals surface area contributed by atoms with E-state index in [1.165, 1.54) is 0 Å². The molecule has 1 aromatic rings. The van der Waals surface area contributed by atoms with Gasteiger partial charge < -0.3 is 10.5 Å². The van der Waals surface area contributed by atoms with E-state index in [9.17, 15) is 0 Å². The molecule has 0 radical (unpaired) electrons. The first-order valence-corrected chi connectivity index (χ1v) is 7.01. The van der Waals surface area contributed by atoms with Gasteiger partial charge in [-0.2, -0.15) is 5.10 Å². The van der Waals surface area contributed by atoms with Crippen molar-refractivity contribution >= 4 is 0 Å². The van der Waals surface area contributed by atoms with Gasteiger partial charge in [0.15, 0.2) is 0 Å². The smallest absolute Gasteiger partial charge is 0.216 e. The number of hydrogen-bond donors (Lipinski definition) is 1. The Balaban J connectivity index is 3.16. The molecule has 0 saturated carbocycles. The SMILES string of the molecule is CCC(CC)N(C)C(CN)c1c(C)nn(C)c1OC. The van der Waals surface area contributed by atoms with E-state index in [1.807, 2.05) is 14.0 Å². The van der Waals surface area contributed by atoms with Crippen molar-refractivity contribution in [2.24, 2.45) is 12.8 Å². The number of hydrogen-bond acceptors (Lipinski definition) is 4. The first-order valence-electron chi connectivity index (χ1n) is 7.01. The second-order valence-electron chi connectivity index (χ2n) is 5.02. The van der Waals surface area contributed by atoms with Gasteiger partial charge in [-0.15, -0.1) is 0 Å². The van der Waals surface area contributed by atoms with Crippen molar-refractivity contribution in [1.82, 2.24) is 14.7 Å². The minimum absolute atomic E-state index is 0.147. The maximum absolute atomic E-state index is 6.02. The third-order valence-electron chi connectivity index (χ3n) is 3.97. The van der Waals surface area contributed by atoms with E-state index in [0.717, 1.165) is 30.0 Å². The number of aromatic nitrogens is 2. The highest BCUT2D eigenvalue weighted by Crippen LogP contribution is 2.32. The van der Waals surface area contributed by atoms with E-state index in [1.54, 1.807) is 11.8 Å². The van der Waals surface area contributed by atoms with Gasteiger partial charge in [-0.25, -0.2) is 4.68 Å². The topological polar surface area (TPSA) is 56.3 Å². The van der Waals surface area contributed by atoms with Crippen LogP contribution in [-0.4, -0.2) is 41.4 Å². The van der Waals surface area contributed by atoms with Crippen molar-refractivity contribution in [1.29, 1.82) is 0 Å². The minimum Gasteiger partial charge on any atom is -0.481 e. The summed E-state index contributed by atoms with van der Waals surface area (Å²) in [5.41, 5.74) is 8.13. The van der Waals surface area contributed by atoms with Gasteiger partial charge in [0.2, 0.25) is 5.88 Å². The van der Waals surface area contributed by atoms with Crippen LogP contribution in [0.15, 0.2) is 0 Å². The number of rotatable bonds is 7. The van der Waals surface area contributed by atoms with Crippen LogP contribution in [0.2, 0.25) is 0 Å². The quantitative estimate of drug-likeness (QED) is 0.820. The Morgan fingerprint density at radius 2 is 1.95 bits per heavy atom. The zero-order valence-electron chi connectivity index (χ0n) is 13.1. The summed E-state index contributed by atoms with van der Waals surface area (Å²) in [5, 5.41) is 4.45. The summed E-state index contributed by atoms with van der Waals surface area (Å²) >= 11 is 0. The van der Waals surface area contributed by atoms with Gasteiger partial charge in [0.05, 0.1) is 24.4 Å². The number of methoxy groups -OCH3 is 1. The van der Waals surface area contributed by atoms with Crippen LogP contribution in [0.5, 0.6) is 5.88 Å². The normalized spacial score (nSPS) is 13.3. The predicted molar refractivity (Wildman–Crippen MR) is 78.4 cm³/mol. The number of ether oxygens (including phenoxy) is 1. The highest BCUT2D eigenvalue weighted by molar-refractivity contribution is 5.34. The maximum Gasteiger partial charge on any atom is 0.216 e. The lowest BCUT2D eigenvalue weighted by Gasteiger charge is -2.33. The molecule has 1 rings (SSSR count). The van der Waals surface area contributed by atoms with Crippen LogP contribution in [0.3, 0.4) is 0 Å². The van der Waals surface area contributed by atoms with Crippen molar-refractivity contribution in [2.75, 3.05) is 20.7 Å². The molecule has 0 aliphatic carbocycles. The standard InChI is InChI=1S/C14H28N4O/c1-7-11(8-2)17(4)12(9-15)13-10(3)16-18(5)14(13)19-6/h11-12H,7-9,15H2,1-6H3. The van der Waals surface area contributed by atoms with Gasteiger partial charge in [0.25, 0.3) is 0 Å². The van der Waals surface area contributed by atoms with Crippen LogP contribution in [-0.2, 0) is 7.05 Å². The molecule has 0 spiro atoms. The van der Waals surface area contributed by atoms with Gasteiger partial charge in [-0.3, -0.25) is 4.90 Å². The molecular formula is C14H28N4O. The fourth-order valence-electron chi connectivity index (χ4n) is 2.89. The molecule has 0 aliphatic rings. The third kappa shape index (κ3) is 3.09. The number of aryl methyl sites for hydroxylation is 2. The minimum atomic E-state index is 0.147. The summed E-state index contributed by atoms with van der Waals surface area (Å²) in [6.45, 7) is 7.01. The second kappa shape index (κ2) is 6.91. The van der Waals surface area contributed by atoms with E-state index >= 15 is 0 Å². The summed E-state index contributed by atoms with van der Waals surface area (Å²) in [7, 11) is 5.73. The molecule has 1 atom stereocenters. The molecule has 0 bridgehead atoms. The van der Waals surface area contributed by atoms with Gasteiger partial charge in [-0.1, -0.05) is 13.8 Å². The fourth-order valence-corrected chi connectivity index (χ4v) is 2.89. The van der Waals surface area contributed by atoms with Crippen LogP contribution < -0.4 is 10.5 Å². The lowest BCUT2D eigenvalue weighted by molar-refractivity contribution is 0.164. The van der Waals surface area contributed by atoms with Crippen LogP contribution in [0.1, 0.15) is 44.0 Å². The molecule has 5 nitrogen and oxygen atoms in total. The van der Waals surface area contributed by atoms with E-state index in [4.69, 9.17) is 10.5 Å². The molecule has 1 aromatic heterocycles. The predicted octanol–water partition coefficient (Wildman–Crippen LogP) is 1.86. The molecule has 0 aliphatic heterocycles. The van der Waals surface area contributed by atoms with Crippen molar-refractivity contribution in [3.63, 3.8) is 0 Å².